The number of hydrogen-bond acceptors (Lipinski definition) is 2. The van der Waals surface area contributed by atoms with Crippen molar-refractivity contribution < 1.29 is 13.2 Å². The lowest BCUT2D eigenvalue weighted by Crippen LogP contribution is -2.06. The first-order valence-corrected chi connectivity index (χ1v) is 4.86. The normalized spacial score (nSPS) is 11.1. The number of alkyl halides is 3. The Labute approximate surface area is 90.9 Å². The Morgan fingerprint density at radius 2 is 1.88 bits per heavy atom. The summed E-state index contributed by atoms with van der Waals surface area (Å²) >= 11 is 0. The predicted octanol–water partition coefficient (Wildman–Crippen LogP) is 3.08. The molecule has 6 heteroatoms. The first-order valence-electron chi connectivity index (χ1n) is 4.86. The number of aryl methyl sites for hydroxylation is 1. The Morgan fingerprint density at radius 1 is 1.25 bits per heavy atom. The molecule has 0 aliphatic carbocycles. The summed E-state index contributed by atoms with van der Waals surface area (Å²) in [5, 5.41) is 3.68. The van der Waals surface area contributed by atoms with Gasteiger partial charge in [0.15, 0.2) is 0 Å². The van der Waals surface area contributed by atoms with Crippen molar-refractivity contribution in [2.75, 3.05) is 0 Å². The number of halogens is 3. The van der Waals surface area contributed by atoms with E-state index in [2.05, 4.69) is 10.1 Å². The molecule has 0 radical (unpaired) electrons. The molecular weight excluding hydrogens is 219 g/mol. The molecule has 0 aliphatic rings. The van der Waals surface area contributed by atoms with Crippen molar-refractivity contribution in [1.82, 2.24) is 14.6 Å². The van der Waals surface area contributed by atoms with Crippen molar-refractivity contribution in [1.29, 1.82) is 0 Å². The second-order valence-corrected chi connectivity index (χ2v) is 2.87. The van der Waals surface area contributed by atoms with E-state index in [-0.39, 0.29) is 5.52 Å². The zero-order chi connectivity index (χ0) is 12.3. The second kappa shape index (κ2) is 4.51. The average Bonchev–Trinajstić information content (AvgIpc) is 2.65. The fraction of sp³-hybridized carbons (Fsp3) is 0.400. The molecule has 0 fully saturated rings. The maximum Gasteiger partial charge on any atom is 0.418 e. The quantitative estimate of drug-likeness (QED) is 0.697. The Bertz CT molecular complexity index is 474. The summed E-state index contributed by atoms with van der Waals surface area (Å²) in [5.74, 6) is 0. The number of nitrogens with zero attached hydrogens (tertiary/aromatic N) is 3. The molecule has 88 valence electrons. The second-order valence-electron chi connectivity index (χ2n) is 2.87. The van der Waals surface area contributed by atoms with Crippen LogP contribution >= 0.6 is 0 Å². The largest absolute Gasteiger partial charge is 0.418 e. The molecule has 0 saturated carbocycles. The van der Waals surface area contributed by atoms with Crippen molar-refractivity contribution in [3.8, 4) is 0 Å². The summed E-state index contributed by atoms with van der Waals surface area (Å²) in [4.78, 5) is 3.72. The van der Waals surface area contributed by atoms with Gasteiger partial charge >= 0.3 is 6.18 Å². The lowest BCUT2D eigenvalue weighted by atomic mass is 10.2. The maximum atomic E-state index is 12.5. The van der Waals surface area contributed by atoms with E-state index >= 15 is 0 Å². The maximum absolute atomic E-state index is 12.5. The molecule has 0 spiro atoms. The number of aromatic nitrogens is 3. The van der Waals surface area contributed by atoms with Gasteiger partial charge in [0.1, 0.15) is 6.33 Å². The molecule has 0 amide bonds. The van der Waals surface area contributed by atoms with Crippen molar-refractivity contribution >= 4 is 5.52 Å². The van der Waals surface area contributed by atoms with Crippen molar-refractivity contribution in [3.63, 3.8) is 0 Å². The average molecular weight is 231 g/mol. The third-order valence-electron chi connectivity index (χ3n) is 1.94. The van der Waals surface area contributed by atoms with Gasteiger partial charge in [0.2, 0.25) is 0 Å². The SMILES string of the molecule is CC.Cc1ncnn2ccc(C(F)(F)F)c12. The number of hydrogen-bond donors (Lipinski definition) is 0. The summed E-state index contributed by atoms with van der Waals surface area (Å²) in [6, 6.07) is 0.997. The standard InChI is InChI=1S/C8H6F3N3.C2H6/c1-5-7-6(8(9,10)11)2-3-14(7)13-4-12-5;1-2/h2-4H,1H3;1-2H3. The monoisotopic (exact) mass is 231 g/mol. The van der Waals surface area contributed by atoms with Crippen molar-refractivity contribution in [3.05, 3.63) is 29.8 Å². The highest BCUT2D eigenvalue weighted by atomic mass is 19.4. The van der Waals surface area contributed by atoms with Gasteiger partial charge in [0, 0.05) is 6.20 Å². The molecular formula is C10H12F3N3. The van der Waals surface area contributed by atoms with Gasteiger partial charge in [-0.1, -0.05) is 13.8 Å². The van der Waals surface area contributed by atoms with E-state index in [1.807, 2.05) is 13.8 Å². The van der Waals surface area contributed by atoms with Crippen LogP contribution in [0.25, 0.3) is 5.52 Å². The summed E-state index contributed by atoms with van der Waals surface area (Å²) in [7, 11) is 0. The van der Waals surface area contributed by atoms with Crippen LogP contribution in [0.15, 0.2) is 18.6 Å². The minimum absolute atomic E-state index is 0.0139. The van der Waals surface area contributed by atoms with Crippen LogP contribution < -0.4 is 0 Å². The van der Waals surface area contributed by atoms with Gasteiger partial charge in [0.05, 0.1) is 16.8 Å². The Morgan fingerprint density at radius 3 is 2.44 bits per heavy atom. The summed E-state index contributed by atoms with van der Waals surface area (Å²) in [6.07, 6.45) is -1.86. The molecule has 0 atom stereocenters. The van der Waals surface area contributed by atoms with Crippen LogP contribution in [-0.2, 0) is 6.18 Å². The first-order chi connectivity index (χ1) is 7.50. The lowest BCUT2D eigenvalue weighted by Gasteiger charge is -2.05. The van der Waals surface area contributed by atoms with Gasteiger partial charge in [-0.25, -0.2) is 9.50 Å². The summed E-state index contributed by atoms with van der Waals surface area (Å²) in [5.41, 5.74) is -0.368. The van der Waals surface area contributed by atoms with Gasteiger partial charge in [-0.15, -0.1) is 0 Å². The van der Waals surface area contributed by atoms with E-state index in [4.69, 9.17) is 0 Å². The Balaban J connectivity index is 0.000000606. The van der Waals surface area contributed by atoms with Gasteiger partial charge in [0.25, 0.3) is 0 Å². The van der Waals surface area contributed by atoms with Crippen molar-refractivity contribution in [2.45, 2.75) is 26.9 Å². The first kappa shape index (κ1) is 12.5. The summed E-state index contributed by atoms with van der Waals surface area (Å²) in [6.45, 7) is 5.52. The van der Waals surface area contributed by atoms with Crippen LogP contribution in [0.5, 0.6) is 0 Å². The number of fused-ring (bicyclic) bond motifs is 1. The highest BCUT2D eigenvalue weighted by Crippen LogP contribution is 2.33. The highest BCUT2D eigenvalue weighted by Gasteiger charge is 2.34. The van der Waals surface area contributed by atoms with E-state index in [9.17, 15) is 13.2 Å². The molecule has 0 aromatic carbocycles. The molecule has 0 N–H and O–H groups in total. The van der Waals surface area contributed by atoms with E-state index in [1.165, 1.54) is 24.0 Å². The van der Waals surface area contributed by atoms with Gasteiger partial charge in [-0.2, -0.15) is 18.3 Å². The molecule has 0 bridgehead atoms. The molecule has 2 rings (SSSR count). The van der Waals surface area contributed by atoms with Crippen LogP contribution in [0, 0.1) is 6.92 Å². The molecule has 2 heterocycles. The fourth-order valence-corrected chi connectivity index (χ4v) is 1.34. The van der Waals surface area contributed by atoms with E-state index in [0.29, 0.717) is 5.69 Å². The fourth-order valence-electron chi connectivity index (χ4n) is 1.34. The summed E-state index contributed by atoms with van der Waals surface area (Å²) < 4.78 is 38.6. The van der Waals surface area contributed by atoms with E-state index in [0.717, 1.165) is 6.07 Å². The zero-order valence-corrected chi connectivity index (χ0v) is 9.21. The van der Waals surface area contributed by atoms with Crippen LogP contribution in [0.4, 0.5) is 13.2 Å². The third-order valence-corrected chi connectivity index (χ3v) is 1.94. The third kappa shape index (κ3) is 2.15. The molecule has 3 nitrogen and oxygen atoms in total. The molecule has 0 unspecified atom stereocenters. The van der Waals surface area contributed by atoms with Crippen LogP contribution in [0.1, 0.15) is 25.1 Å². The minimum Gasteiger partial charge on any atom is -0.238 e. The zero-order valence-electron chi connectivity index (χ0n) is 9.21. The van der Waals surface area contributed by atoms with E-state index < -0.39 is 11.7 Å². The minimum atomic E-state index is -4.36. The van der Waals surface area contributed by atoms with Crippen LogP contribution in [0.2, 0.25) is 0 Å². The molecule has 2 aromatic rings. The Hall–Kier alpha value is -1.59. The van der Waals surface area contributed by atoms with Gasteiger partial charge in [-0.3, -0.25) is 0 Å². The molecule has 0 aliphatic heterocycles. The Kier molecular flexibility index (Phi) is 3.51. The number of rotatable bonds is 0. The van der Waals surface area contributed by atoms with Crippen LogP contribution in [0.3, 0.4) is 0 Å². The molecule has 0 saturated heterocycles. The lowest BCUT2D eigenvalue weighted by molar-refractivity contribution is -0.136. The van der Waals surface area contributed by atoms with Crippen molar-refractivity contribution in [2.24, 2.45) is 0 Å². The van der Waals surface area contributed by atoms with E-state index in [1.54, 1.807) is 0 Å². The smallest absolute Gasteiger partial charge is 0.238 e. The topological polar surface area (TPSA) is 30.2 Å². The molecule has 2 aromatic heterocycles. The van der Waals surface area contributed by atoms with Gasteiger partial charge in [-0.05, 0) is 13.0 Å². The predicted molar refractivity (Wildman–Crippen MR) is 54.1 cm³/mol. The van der Waals surface area contributed by atoms with Crippen LogP contribution in [-0.4, -0.2) is 14.6 Å². The van der Waals surface area contributed by atoms with Gasteiger partial charge < -0.3 is 0 Å². The highest BCUT2D eigenvalue weighted by molar-refractivity contribution is 5.59. The molecule has 16 heavy (non-hydrogen) atoms.